The van der Waals surface area contributed by atoms with Crippen molar-refractivity contribution in [3.8, 4) is 44.5 Å². The second-order valence-electron chi connectivity index (χ2n) is 12.9. The molecule has 9 rings (SSSR count). The average Bonchev–Trinajstić information content (AvgIpc) is 3.33. The molecule has 0 aromatic heterocycles. The second-order valence-corrected chi connectivity index (χ2v) is 12.9. The van der Waals surface area contributed by atoms with E-state index in [1.54, 1.807) is 0 Å². The first-order chi connectivity index (χ1) is 22.1. The molecule has 0 spiro atoms. The maximum Gasteiger partial charge on any atom is 0.0159 e. The van der Waals surface area contributed by atoms with Crippen molar-refractivity contribution >= 4 is 32.3 Å². The first-order valence-corrected chi connectivity index (χ1v) is 15.9. The third-order valence-electron chi connectivity index (χ3n) is 10.0. The summed E-state index contributed by atoms with van der Waals surface area (Å²) in [5, 5.41) is 7.97. The lowest BCUT2D eigenvalue weighted by molar-refractivity contribution is 0.661. The molecule has 0 nitrogen and oxygen atoms in total. The van der Waals surface area contributed by atoms with E-state index >= 15 is 0 Å². The highest BCUT2D eigenvalue weighted by atomic mass is 14.4. The number of hydrogen-bond acceptors (Lipinski definition) is 0. The van der Waals surface area contributed by atoms with Gasteiger partial charge in [0.1, 0.15) is 0 Å². The van der Waals surface area contributed by atoms with Crippen molar-refractivity contribution in [2.24, 2.45) is 0 Å². The zero-order valence-corrected chi connectivity index (χ0v) is 25.5. The Hall–Kier alpha value is -5.46. The van der Waals surface area contributed by atoms with Gasteiger partial charge in [0.2, 0.25) is 0 Å². The SMILES string of the molecule is CC1(C)c2ccc(-c3cccc(-c4cccc(-c5ccccc5)c4)c3)cc2-c2cc3c4ccccc4c4ccccc4c3cc21. The van der Waals surface area contributed by atoms with E-state index in [0.29, 0.717) is 0 Å². The van der Waals surface area contributed by atoms with E-state index in [1.165, 1.54) is 88.0 Å². The third kappa shape index (κ3) is 3.99. The van der Waals surface area contributed by atoms with Crippen LogP contribution in [0.3, 0.4) is 0 Å². The number of fused-ring (bicyclic) bond motifs is 9. The maximum absolute atomic E-state index is 2.49. The largest absolute Gasteiger partial charge is 0.0622 e. The minimum absolute atomic E-state index is 0.0795. The lowest BCUT2D eigenvalue weighted by atomic mass is 9.81. The van der Waals surface area contributed by atoms with Crippen LogP contribution < -0.4 is 0 Å². The van der Waals surface area contributed by atoms with Crippen LogP contribution in [0.4, 0.5) is 0 Å². The molecule has 8 aromatic rings. The van der Waals surface area contributed by atoms with E-state index < -0.39 is 0 Å². The first kappa shape index (κ1) is 26.0. The molecular formula is C45H32. The molecule has 0 heterocycles. The third-order valence-corrected chi connectivity index (χ3v) is 10.0. The molecule has 0 radical (unpaired) electrons. The molecule has 8 aromatic carbocycles. The van der Waals surface area contributed by atoms with Crippen LogP contribution in [0, 0.1) is 0 Å². The predicted octanol–water partition coefficient (Wildman–Crippen LogP) is 12.5. The minimum Gasteiger partial charge on any atom is -0.0622 e. The minimum atomic E-state index is -0.0795. The monoisotopic (exact) mass is 572 g/mol. The molecule has 0 aliphatic heterocycles. The molecule has 45 heavy (non-hydrogen) atoms. The summed E-state index contributed by atoms with van der Waals surface area (Å²) in [6.07, 6.45) is 0. The molecule has 212 valence electrons. The molecule has 1 aliphatic rings. The highest BCUT2D eigenvalue weighted by Crippen LogP contribution is 2.52. The van der Waals surface area contributed by atoms with Gasteiger partial charge in [-0.25, -0.2) is 0 Å². The Balaban J connectivity index is 1.20. The van der Waals surface area contributed by atoms with Crippen molar-refractivity contribution in [2.75, 3.05) is 0 Å². The van der Waals surface area contributed by atoms with E-state index in [-0.39, 0.29) is 5.41 Å². The lowest BCUT2D eigenvalue weighted by Gasteiger charge is -2.22. The van der Waals surface area contributed by atoms with Gasteiger partial charge < -0.3 is 0 Å². The van der Waals surface area contributed by atoms with E-state index in [0.717, 1.165) is 0 Å². The normalized spacial score (nSPS) is 13.3. The van der Waals surface area contributed by atoms with Gasteiger partial charge in [0.25, 0.3) is 0 Å². The summed E-state index contributed by atoms with van der Waals surface area (Å²) in [5.74, 6) is 0. The molecule has 0 bridgehead atoms. The highest BCUT2D eigenvalue weighted by Gasteiger charge is 2.36. The quantitative estimate of drug-likeness (QED) is 0.185. The molecule has 0 heteroatoms. The van der Waals surface area contributed by atoms with E-state index in [2.05, 4.69) is 172 Å². The standard InChI is InChI=1S/C45H32/c1-45(2)43-23-22-34(33-17-11-16-32(25-33)31-15-10-14-30(24-31)29-12-4-3-5-13-29)26-41(43)42-27-39-37-20-8-6-18-35(37)36-19-7-9-21-38(36)40(39)28-44(42)45/h3-28H,1-2H3. The van der Waals surface area contributed by atoms with Gasteiger partial charge in [0.15, 0.2) is 0 Å². The van der Waals surface area contributed by atoms with Crippen LogP contribution in [-0.4, -0.2) is 0 Å². The molecule has 0 saturated heterocycles. The second kappa shape index (κ2) is 9.78. The molecule has 0 atom stereocenters. The molecule has 0 unspecified atom stereocenters. The van der Waals surface area contributed by atoms with Gasteiger partial charge in [-0.15, -0.1) is 0 Å². The zero-order valence-electron chi connectivity index (χ0n) is 25.5. The predicted molar refractivity (Wildman–Crippen MR) is 193 cm³/mol. The van der Waals surface area contributed by atoms with Crippen molar-refractivity contribution in [3.63, 3.8) is 0 Å². The molecule has 0 fully saturated rings. The average molecular weight is 573 g/mol. The topological polar surface area (TPSA) is 0 Å². The van der Waals surface area contributed by atoms with Crippen LogP contribution in [0.5, 0.6) is 0 Å². The fourth-order valence-corrected chi connectivity index (χ4v) is 7.71. The fourth-order valence-electron chi connectivity index (χ4n) is 7.71. The first-order valence-electron chi connectivity index (χ1n) is 15.9. The van der Waals surface area contributed by atoms with Crippen LogP contribution in [-0.2, 0) is 5.41 Å². The molecule has 0 saturated carbocycles. The fraction of sp³-hybridized carbons (Fsp3) is 0.0667. The number of hydrogen-bond donors (Lipinski definition) is 0. The summed E-state index contributed by atoms with van der Waals surface area (Å²) in [6, 6.07) is 58.3. The number of benzene rings is 8. The van der Waals surface area contributed by atoms with Gasteiger partial charge in [-0.3, -0.25) is 0 Å². The summed E-state index contributed by atoms with van der Waals surface area (Å²) < 4.78 is 0. The summed E-state index contributed by atoms with van der Waals surface area (Å²) in [4.78, 5) is 0. The van der Waals surface area contributed by atoms with E-state index in [9.17, 15) is 0 Å². The summed E-state index contributed by atoms with van der Waals surface area (Å²) in [7, 11) is 0. The van der Waals surface area contributed by atoms with Gasteiger partial charge >= 0.3 is 0 Å². The zero-order chi connectivity index (χ0) is 30.1. The Morgan fingerprint density at radius 3 is 1.29 bits per heavy atom. The molecule has 0 N–H and O–H groups in total. The lowest BCUT2D eigenvalue weighted by Crippen LogP contribution is -2.14. The van der Waals surface area contributed by atoms with Crippen LogP contribution in [0.15, 0.2) is 158 Å². The Labute approximate surface area is 264 Å². The van der Waals surface area contributed by atoms with Gasteiger partial charge in [0.05, 0.1) is 0 Å². The van der Waals surface area contributed by atoms with Crippen molar-refractivity contribution in [1.82, 2.24) is 0 Å². The smallest absolute Gasteiger partial charge is 0.0159 e. The maximum atomic E-state index is 2.49. The van der Waals surface area contributed by atoms with Crippen molar-refractivity contribution in [2.45, 2.75) is 19.3 Å². The van der Waals surface area contributed by atoms with Crippen molar-refractivity contribution in [3.05, 3.63) is 169 Å². The molecule has 0 amide bonds. The van der Waals surface area contributed by atoms with Gasteiger partial charge in [-0.05, 0) is 118 Å². The summed E-state index contributed by atoms with van der Waals surface area (Å²) in [6.45, 7) is 4.76. The summed E-state index contributed by atoms with van der Waals surface area (Å²) >= 11 is 0. The Kier molecular flexibility index (Phi) is 5.64. The Morgan fingerprint density at radius 1 is 0.289 bits per heavy atom. The Morgan fingerprint density at radius 2 is 0.711 bits per heavy atom. The van der Waals surface area contributed by atoms with Crippen LogP contribution in [0.1, 0.15) is 25.0 Å². The van der Waals surface area contributed by atoms with E-state index in [1.807, 2.05) is 0 Å². The van der Waals surface area contributed by atoms with Gasteiger partial charge in [0, 0.05) is 5.41 Å². The molecule has 1 aliphatic carbocycles. The number of rotatable bonds is 3. The van der Waals surface area contributed by atoms with Gasteiger partial charge in [-0.2, -0.15) is 0 Å². The van der Waals surface area contributed by atoms with Crippen molar-refractivity contribution < 1.29 is 0 Å². The van der Waals surface area contributed by atoms with Crippen LogP contribution >= 0.6 is 0 Å². The van der Waals surface area contributed by atoms with Crippen LogP contribution in [0.2, 0.25) is 0 Å². The highest BCUT2D eigenvalue weighted by molar-refractivity contribution is 6.26. The summed E-state index contributed by atoms with van der Waals surface area (Å²) in [5.41, 5.74) is 12.9. The van der Waals surface area contributed by atoms with Crippen molar-refractivity contribution in [1.29, 1.82) is 0 Å². The Bertz CT molecular complexity index is 2440. The van der Waals surface area contributed by atoms with Crippen LogP contribution in [0.25, 0.3) is 76.8 Å². The van der Waals surface area contributed by atoms with E-state index in [4.69, 9.17) is 0 Å². The molecular weight excluding hydrogens is 540 g/mol. The van der Waals surface area contributed by atoms with Gasteiger partial charge in [-0.1, -0.05) is 141 Å².